The molecule has 0 rings (SSSR count). The zero-order chi connectivity index (χ0) is 4.50. The van der Waals surface area contributed by atoms with Gasteiger partial charge in [-0.2, -0.15) is 0 Å². The van der Waals surface area contributed by atoms with E-state index >= 15 is 0 Å². The molecule has 0 fully saturated rings. The average molecular weight is 247 g/mol. The first-order valence-electron chi connectivity index (χ1n) is 0.647. The molecular weight excluding hydrogens is 244 g/mol. The van der Waals surface area contributed by atoms with Crippen LogP contribution in [0.2, 0.25) is 0 Å². The molecule has 0 amide bonds. The van der Waals surface area contributed by atoms with E-state index in [1.807, 2.05) is 0 Å². The van der Waals surface area contributed by atoms with E-state index in [2.05, 4.69) is 0 Å². The summed E-state index contributed by atoms with van der Waals surface area (Å²) in [5.74, 6) is 0. The monoisotopic (exact) mass is 246 g/mol. The standard InChI is InChI=1S/Co.Li.Mn.Ni.2H2O.2O.H/h;;;;2*1H2;;;/q;+1;+2;;;;;;-1/p-2. The Bertz CT molecular complexity index is 104. The van der Waals surface area contributed by atoms with Gasteiger partial charge < -0.3 is 1.43 Å². The van der Waals surface area contributed by atoms with E-state index in [4.69, 9.17) is 16.0 Å². The summed E-state index contributed by atoms with van der Waals surface area (Å²) in [6, 6.07) is 0. The van der Waals surface area contributed by atoms with Crippen molar-refractivity contribution in [3.8, 4) is 0 Å². The summed E-state index contributed by atoms with van der Waals surface area (Å²) in [6.07, 6.45) is 0. The van der Waals surface area contributed by atoms with E-state index in [-0.39, 0.29) is 53.6 Å². The molecule has 0 saturated carbocycles. The molecule has 4 nitrogen and oxygen atoms in total. The van der Waals surface area contributed by atoms with Gasteiger partial charge in [0, 0.05) is 33.3 Å². The summed E-state index contributed by atoms with van der Waals surface area (Å²) >= 11 is -5.12. The van der Waals surface area contributed by atoms with Crippen LogP contribution >= 0.6 is 0 Å². The van der Waals surface area contributed by atoms with Gasteiger partial charge in [0.1, 0.15) is 0 Å². The van der Waals surface area contributed by atoms with Gasteiger partial charge >= 0.3 is 48.3 Å². The minimum atomic E-state index is -5.12. The Morgan fingerprint density at radius 1 is 1.25 bits per heavy atom. The number of hydrogen-bond donors (Lipinski definition) is 2. The van der Waals surface area contributed by atoms with Gasteiger partial charge in [0.2, 0.25) is 0 Å². The first-order valence-corrected chi connectivity index (χ1v) is 2.67. The second kappa shape index (κ2) is 8.64. The topological polar surface area (TPSA) is 74.6 Å². The van der Waals surface area contributed by atoms with Crippen LogP contribution in [0.5, 0.6) is 0 Å². The van der Waals surface area contributed by atoms with Crippen molar-refractivity contribution in [2.75, 3.05) is 0 Å². The van der Waals surface area contributed by atoms with E-state index in [9.17, 15) is 0 Å². The zero-order valence-electron chi connectivity index (χ0n) is 4.74. The summed E-state index contributed by atoms with van der Waals surface area (Å²) in [4.78, 5) is 0. The Kier molecular flexibility index (Phi) is 24.4. The molecule has 0 bridgehead atoms. The third-order valence-corrected chi connectivity index (χ3v) is 0. The Morgan fingerprint density at radius 2 is 1.25 bits per heavy atom. The summed E-state index contributed by atoms with van der Waals surface area (Å²) < 4.78 is 31.8. The van der Waals surface area contributed by atoms with E-state index in [0.29, 0.717) is 0 Å². The molecule has 8 heteroatoms. The van der Waals surface area contributed by atoms with Crippen LogP contribution in [0.15, 0.2) is 0 Å². The van der Waals surface area contributed by atoms with Crippen molar-refractivity contribution in [3.05, 3.63) is 0 Å². The van der Waals surface area contributed by atoms with Crippen molar-refractivity contribution in [1.82, 2.24) is 0 Å². The van der Waals surface area contributed by atoms with Crippen molar-refractivity contribution < 1.29 is 83.0 Å². The van der Waals surface area contributed by atoms with Crippen LogP contribution in [0, 0.1) is 0 Å². The molecule has 54 valence electrons. The van der Waals surface area contributed by atoms with Crippen molar-refractivity contribution in [2.24, 2.45) is 0 Å². The minimum absolute atomic E-state index is 0. The molecule has 8 heavy (non-hydrogen) atoms. The summed E-state index contributed by atoms with van der Waals surface area (Å²) in [6.45, 7) is 0. The quantitative estimate of drug-likeness (QED) is 0.425. The fraction of sp³-hybridized carbons (Fsp3) is 0. The van der Waals surface area contributed by atoms with Gasteiger partial charge in [-0.3, -0.25) is 0 Å². The molecule has 0 atom stereocenters. The van der Waals surface area contributed by atoms with E-state index < -0.39 is 13.4 Å². The second-order valence-corrected chi connectivity index (χ2v) is 1.71. The first kappa shape index (κ1) is 22.6. The average Bonchev–Trinajstić information content (AvgIpc) is 0.722. The third kappa shape index (κ3) is 126. The SMILES string of the molecule is [Co].[H-].[Li+].[Ni].[O]=[Mn](=[O])([OH])[OH]. The van der Waals surface area contributed by atoms with Gasteiger partial charge in [-0.15, -0.1) is 0 Å². The molecule has 0 aliphatic carbocycles. The van der Waals surface area contributed by atoms with Crippen LogP contribution in [0.3, 0.4) is 0 Å². The Hall–Kier alpha value is 1.64. The third-order valence-electron chi connectivity index (χ3n) is 0. The van der Waals surface area contributed by atoms with Crippen LogP contribution in [-0.2, 0) is 54.3 Å². The van der Waals surface area contributed by atoms with Crippen molar-refractivity contribution >= 4 is 0 Å². The number of hydrogen-bond acceptors (Lipinski definition) is 2. The van der Waals surface area contributed by atoms with Gasteiger partial charge in [0.25, 0.3) is 0 Å². The predicted molar refractivity (Wildman–Crippen MR) is 6.92 cm³/mol. The molecule has 1 radical (unpaired) electrons. The van der Waals surface area contributed by atoms with Crippen molar-refractivity contribution in [1.29, 1.82) is 0 Å². The Morgan fingerprint density at radius 3 is 1.25 bits per heavy atom. The van der Waals surface area contributed by atoms with Crippen LogP contribution in [0.1, 0.15) is 1.43 Å². The molecule has 0 spiro atoms. The molecule has 0 aromatic rings. The van der Waals surface area contributed by atoms with E-state index in [1.165, 1.54) is 0 Å². The van der Waals surface area contributed by atoms with Gasteiger partial charge in [0.05, 0.1) is 0 Å². The van der Waals surface area contributed by atoms with Crippen LogP contribution in [0.4, 0.5) is 0 Å². The molecule has 0 aliphatic rings. The van der Waals surface area contributed by atoms with Crippen LogP contribution in [-0.4, -0.2) is 8.38 Å². The summed E-state index contributed by atoms with van der Waals surface area (Å²) in [7, 11) is 0. The van der Waals surface area contributed by atoms with Gasteiger partial charge in [0.15, 0.2) is 0 Å². The van der Waals surface area contributed by atoms with E-state index in [1.54, 1.807) is 0 Å². The van der Waals surface area contributed by atoms with Gasteiger partial charge in [-0.05, 0) is 0 Å². The Labute approximate surface area is 82.5 Å². The van der Waals surface area contributed by atoms with Gasteiger partial charge in [-0.1, -0.05) is 0 Å². The van der Waals surface area contributed by atoms with Crippen LogP contribution < -0.4 is 18.9 Å². The first-order chi connectivity index (χ1) is 2.00. The summed E-state index contributed by atoms with van der Waals surface area (Å²) in [5.41, 5.74) is 0. The molecule has 2 N–H and O–H groups in total. The van der Waals surface area contributed by atoms with Gasteiger partial charge in [-0.25, -0.2) is 0 Å². The fourth-order valence-electron chi connectivity index (χ4n) is 0. The molecule has 0 heterocycles. The molecule has 0 aromatic carbocycles. The fourth-order valence-corrected chi connectivity index (χ4v) is 0. The number of rotatable bonds is 0. The zero-order valence-corrected chi connectivity index (χ0v) is 6.95. The molecule has 0 aromatic heterocycles. The van der Waals surface area contributed by atoms with Crippen LogP contribution in [0.25, 0.3) is 0 Å². The molecule has 0 saturated heterocycles. The summed E-state index contributed by atoms with van der Waals surface area (Å²) in [5, 5.41) is 0. The normalized spacial score (nSPS) is 7.25. The van der Waals surface area contributed by atoms with E-state index in [0.717, 1.165) is 0 Å². The molecular formula is H3CoLiMnNiO4. The molecule has 0 aliphatic heterocycles. The second-order valence-electron chi connectivity index (χ2n) is 0.415. The Balaban J connectivity index is -0.0000000133. The maximum atomic E-state index is 8.80. The maximum absolute atomic E-state index is 8.80. The van der Waals surface area contributed by atoms with Crippen molar-refractivity contribution in [3.63, 3.8) is 0 Å². The van der Waals surface area contributed by atoms with Crippen molar-refractivity contribution in [2.45, 2.75) is 0 Å². The molecule has 0 unspecified atom stereocenters. The predicted octanol–water partition coefficient (Wildman–Crippen LogP) is -4.24.